The molecule has 6 nitrogen and oxygen atoms in total. The number of carbonyl (C=O) groups excluding carboxylic acids is 1. The van der Waals surface area contributed by atoms with Crippen LogP contribution in [-0.2, 0) is 6.54 Å². The maximum absolute atomic E-state index is 13.2. The Kier molecular flexibility index (Phi) is 4.73. The van der Waals surface area contributed by atoms with Gasteiger partial charge >= 0.3 is 0 Å². The van der Waals surface area contributed by atoms with Gasteiger partial charge in [0.15, 0.2) is 5.13 Å². The van der Waals surface area contributed by atoms with Crippen molar-refractivity contribution in [2.75, 3.05) is 31.1 Å². The van der Waals surface area contributed by atoms with E-state index in [0.29, 0.717) is 19.6 Å². The largest absolute Gasteiger partial charge is 0.345 e. The summed E-state index contributed by atoms with van der Waals surface area (Å²) in [5.41, 5.74) is 2.80. The second kappa shape index (κ2) is 7.67. The SMILES string of the molecule is O=C(c1ccccc1Cn1cccn1)N1CCN(c2nc3ccccc3s2)CC1. The number of aromatic nitrogens is 3. The van der Waals surface area contributed by atoms with E-state index in [9.17, 15) is 4.79 Å². The van der Waals surface area contributed by atoms with E-state index in [4.69, 9.17) is 4.98 Å². The van der Waals surface area contributed by atoms with Crippen molar-refractivity contribution in [2.45, 2.75) is 6.54 Å². The van der Waals surface area contributed by atoms with Crippen molar-refractivity contribution in [2.24, 2.45) is 0 Å². The monoisotopic (exact) mass is 403 g/mol. The summed E-state index contributed by atoms with van der Waals surface area (Å²) in [7, 11) is 0. The van der Waals surface area contributed by atoms with Crippen LogP contribution in [0.25, 0.3) is 10.2 Å². The third-order valence-corrected chi connectivity index (χ3v) is 6.36. The number of carbonyl (C=O) groups is 1. The van der Waals surface area contributed by atoms with Gasteiger partial charge in [0.05, 0.1) is 16.8 Å². The number of piperazine rings is 1. The Balaban J connectivity index is 1.29. The average molecular weight is 404 g/mol. The molecule has 1 amide bonds. The number of hydrogen-bond acceptors (Lipinski definition) is 5. The number of nitrogens with zero attached hydrogens (tertiary/aromatic N) is 5. The van der Waals surface area contributed by atoms with Crippen LogP contribution in [0.1, 0.15) is 15.9 Å². The zero-order valence-electron chi connectivity index (χ0n) is 15.9. The minimum absolute atomic E-state index is 0.0942. The number of thiazole rings is 1. The summed E-state index contributed by atoms with van der Waals surface area (Å²) in [5, 5.41) is 5.30. The zero-order chi connectivity index (χ0) is 19.6. The van der Waals surface area contributed by atoms with Crippen molar-refractivity contribution in [3.8, 4) is 0 Å². The number of benzene rings is 2. The van der Waals surface area contributed by atoms with Crippen LogP contribution in [0.5, 0.6) is 0 Å². The van der Waals surface area contributed by atoms with Gasteiger partial charge in [-0.15, -0.1) is 0 Å². The molecule has 0 aliphatic carbocycles. The topological polar surface area (TPSA) is 54.3 Å². The van der Waals surface area contributed by atoms with Gasteiger partial charge in [0.25, 0.3) is 5.91 Å². The fraction of sp³-hybridized carbons (Fsp3) is 0.227. The Bertz CT molecular complexity index is 1100. The number of amides is 1. The van der Waals surface area contributed by atoms with Crippen molar-refractivity contribution in [1.29, 1.82) is 0 Å². The number of para-hydroxylation sites is 1. The van der Waals surface area contributed by atoms with Gasteiger partial charge in [-0.2, -0.15) is 5.10 Å². The molecule has 5 rings (SSSR count). The molecule has 7 heteroatoms. The molecule has 1 aliphatic heterocycles. The number of hydrogen-bond donors (Lipinski definition) is 0. The van der Waals surface area contributed by atoms with Crippen LogP contribution in [-0.4, -0.2) is 51.8 Å². The number of fused-ring (bicyclic) bond motifs is 1. The van der Waals surface area contributed by atoms with E-state index in [1.54, 1.807) is 17.5 Å². The van der Waals surface area contributed by atoms with Gasteiger partial charge in [-0.3, -0.25) is 9.48 Å². The molecule has 2 aromatic heterocycles. The first-order valence-corrected chi connectivity index (χ1v) is 10.5. The van der Waals surface area contributed by atoms with Gasteiger partial charge in [0, 0.05) is 44.1 Å². The van der Waals surface area contributed by atoms with Crippen molar-refractivity contribution in [3.63, 3.8) is 0 Å². The van der Waals surface area contributed by atoms with E-state index in [1.807, 2.05) is 64.3 Å². The highest BCUT2D eigenvalue weighted by molar-refractivity contribution is 7.22. The van der Waals surface area contributed by atoms with Crippen molar-refractivity contribution in [1.82, 2.24) is 19.7 Å². The molecule has 0 atom stereocenters. The highest BCUT2D eigenvalue weighted by Gasteiger charge is 2.25. The van der Waals surface area contributed by atoms with Gasteiger partial charge in [-0.25, -0.2) is 4.98 Å². The van der Waals surface area contributed by atoms with E-state index in [-0.39, 0.29) is 5.91 Å². The Hall–Kier alpha value is -3.19. The minimum Gasteiger partial charge on any atom is -0.345 e. The number of rotatable bonds is 4. The Labute approximate surface area is 173 Å². The van der Waals surface area contributed by atoms with Gasteiger partial charge in [-0.1, -0.05) is 41.7 Å². The third-order valence-electron chi connectivity index (χ3n) is 5.26. The lowest BCUT2D eigenvalue weighted by molar-refractivity contribution is 0.0745. The van der Waals surface area contributed by atoms with Crippen LogP contribution >= 0.6 is 11.3 Å². The molecule has 3 heterocycles. The van der Waals surface area contributed by atoms with Crippen LogP contribution < -0.4 is 4.90 Å². The molecular formula is C22H21N5OS. The Morgan fingerprint density at radius 1 is 0.966 bits per heavy atom. The van der Waals surface area contributed by atoms with Gasteiger partial charge in [0.2, 0.25) is 0 Å². The number of anilines is 1. The first-order valence-electron chi connectivity index (χ1n) is 9.73. The molecule has 1 aliphatic rings. The Morgan fingerprint density at radius 3 is 2.55 bits per heavy atom. The zero-order valence-corrected chi connectivity index (χ0v) is 16.8. The fourth-order valence-corrected chi connectivity index (χ4v) is 4.72. The lowest BCUT2D eigenvalue weighted by Gasteiger charge is -2.35. The highest BCUT2D eigenvalue weighted by Crippen LogP contribution is 2.29. The predicted molar refractivity (Wildman–Crippen MR) is 116 cm³/mol. The highest BCUT2D eigenvalue weighted by atomic mass is 32.1. The molecule has 0 unspecified atom stereocenters. The van der Waals surface area contributed by atoms with Gasteiger partial charge < -0.3 is 9.80 Å². The van der Waals surface area contributed by atoms with Gasteiger partial charge in [0.1, 0.15) is 0 Å². The first-order chi connectivity index (χ1) is 14.3. The summed E-state index contributed by atoms with van der Waals surface area (Å²) in [6.45, 7) is 3.59. The second-order valence-corrected chi connectivity index (χ2v) is 8.11. The molecule has 0 radical (unpaired) electrons. The maximum atomic E-state index is 13.2. The lowest BCUT2D eigenvalue weighted by Crippen LogP contribution is -2.49. The minimum atomic E-state index is 0.0942. The van der Waals surface area contributed by atoms with E-state index in [0.717, 1.165) is 34.9 Å². The quantitative estimate of drug-likeness (QED) is 0.523. The van der Waals surface area contributed by atoms with E-state index in [1.165, 1.54) is 4.70 Å². The van der Waals surface area contributed by atoms with Gasteiger partial charge in [-0.05, 0) is 29.8 Å². The Morgan fingerprint density at radius 2 is 1.76 bits per heavy atom. The van der Waals surface area contributed by atoms with Crippen molar-refractivity contribution < 1.29 is 4.79 Å². The van der Waals surface area contributed by atoms with E-state index < -0.39 is 0 Å². The molecule has 0 N–H and O–H groups in total. The smallest absolute Gasteiger partial charge is 0.254 e. The van der Waals surface area contributed by atoms with Crippen LogP contribution in [0.2, 0.25) is 0 Å². The summed E-state index contributed by atoms with van der Waals surface area (Å²) in [6.07, 6.45) is 3.67. The molecule has 4 aromatic rings. The third kappa shape index (κ3) is 3.61. The first kappa shape index (κ1) is 17.9. The summed E-state index contributed by atoms with van der Waals surface area (Å²) in [5.74, 6) is 0.0942. The normalized spacial score (nSPS) is 14.5. The standard InChI is InChI=1S/C22H21N5OS/c28-21(18-7-2-1-6-17(18)16-27-11-5-10-23-27)25-12-14-26(15-13-25)22-24-19-8-3-4-9-20(19)29-22/h1-11H,12-16H2. The predicted octanol–water partition coefficient (Wildman–Crippen LogP) is 3.50. The van der Waals surface area contributed by atoms with E-state index in [2.05, 4.69) is 16.1 Å². The van der Waals surface area contributed by atoms with Crippen LogP contribution in [0.3, 0.4) is 0 Å². The van der Waals surface area contributed by atoms with Crippen LogP contribution in [0.4, 0.5) is 5.13 Å². The summed E-state index contributed by atoms with van der Waals surface area (Å²) in [6, 6.07) is 17.9. The van der Waals surface area contributed by atoms with Crippen molar-refractivity contribution >= 4 is 32.6 Å². The molecule has 29 heavy (non-hydrogen) atoms. The molecule has 1 saturated heterocycles. The second-order valence-electron chi connectivity index (χ2n) is 7.10. The van der Waals surface area contributed by atoms with E-state index >= 15 is 0 Å². The fourth-order valence-electron chi connectivity index (χ4n) is 3.70. The summed E-state index contributed by atoms with van der Waals surface area (Å²) < 4.78 is 3.05. The van der Waals surface area contributed by atoms with Crippen LogP contribution in [0, 0.1) is 0 Å². The molecule has 146 valence electrons. The molecule has 1 fully saturated rings. The molecule has 0 bridgehead atoms. The average Bonchev–Trinajstić information content (AvgIpc) is 3.43. The lowest BCUT2D eigenvalue weighted by atomic mass is 10.1. The summed E-state index contributed by atoms with van der Waals surface area (Å²) >= 11 is 1.72. The molecular weight excluding hydrogens is 382 g/mol. The summed E-state index contributed by atoms with van der Waals surface area (Å²) in [4.78, 5) is 22.2. The van der Waals surface area contributed by atoms with Crippen molar-refractivity contribution in [3.05, 3.63) is 78.1 Å². The molecule has 2 aromatic carbocycles. The molecule has 0 saturated carbocycles. The maximum Gasteiger partial charge on any atom is 0.254 e. The van der Waals surface area contributed by atoms with Crippen LogP contribution in [0.15, 0.2) is 67.0 Å². The molecule has 0 spiro atoms.